The number of aromatic hydroxyl groups is 4. The highest BCUT2D eigenvalue weighted by Gasteiger charge is 2.47. The molecule has 2 saturated heterocycles. The van der Waals surface area contributed by atoms with Gasteiger partial charge >= 0.3 is 0 Å². The van der Waals surface area contributed by atoms with Gasteiger partial charge < -0.3 is 74.4 Å². The largest absolute Gasteiger partial charge is 0.508 e. The van der Waals surface area contributed by atoms with Crippen molar-refractivity contribution in [3.63, 3.8) is 0 Å². The number of rotatable bonds is 6. The van der Waals surface area contributed by atoms with Gasteiger partial charge in [0.25, 0.3) is 0 Å². The molecule has 0 unspecified atom stereocenters. The minimum absolute atomic E-state index is 0.0313. The Bertz CT molecular complexity index is 1540. The zero-order valence-corrected chi connectivity index (χ0v) is 22.3. The standard InChI is InChI=1S/C27H30O16/c1-8-17(32)20(35)22(37)26(40-8)39-7-15-18(33)21(36)23(38)27(42-15)43-25-19(34)16-13(31)5-10(28)6-14(16)41-24(25)9-2-3-11(29)12(30)4-9/h2-6,8,15,17-18,20-23,26-33,35-38H,7H2,1H3/t8-,15+,17-,18+,20+,21+,22+,23-,26+,27-/m0/s1. The highest BCUT2D eigenvalue weighted by molar-refractivity contribution is 5.88. The molecule has 0 saturated carbocycles. The maximum absolute atomic E-state index is 13.6. The first-order chi connectivity index (χ1) is 20.3. The van der Waals surface area contributed by atoms with Gasteiger partial charge in [-0.25, -0.2) is 0 Å². The summed E-state index contributed by atoms with van der Waals surface area (Å²) in [5, 5.41) is 101. The van der Waals surface area contributed by atoms with Gasteiger partial charge in [0.2, 0.25) is 17.5 Å². The molecule has 0 spiro atoms. The molecule has 2 aliphatic heterocycles. The predicted octanol–water partition coefficient (Wildman–Crippen LogP) is -1.69. The van der Waals surface area contributed by atoms with Crippen LogP contribution in [0, 0.1) is 0 Å². The van der Waals surface area contributed by atoms with Crippen LogP contribution in [-0.2, 0) is 14.2 Å². The summed E-state index contributed by atoms with van der Waals surface area (Å²) in [5.41, 5.74) is -1.35. The first kappa shape index (κ1) is 30.7. The molecule has 2 aromatic carbocycles. The Morgan fingerprint density at radius 2 is 1.42 bits per heavy atom. The van der Waals surface area contributed by atoms with Gasteiger partial charge in [0.1, 0.15) is 65.2 Å². The summed E-state index contributed by atoms with van der Waals surface area (Å²) in [7, 11) is 0. The lowest BCUT2D eigenvalue weighted by molar-refractivity contribution is -0.318. The fraction of sp³-hybridized carbons (Fsp3) is 0.444. The fourth-order valence-electron chi connectivity index (χ4n) is 4.84. The maximum Gasteiger partial charge on any atom is 0.239 e. The Morgan fingerprint density at radius 1 is 0.744 bits per heavy atom. The Labute approximate surface area is 241 Å². The van der Waals surface area contributed by atoms with E-state index in [0.29, 0.717) is 0 Å². The highest BCUT2D eigenvalue weighted by Crippen LogP contribution is 2.39. The second-order valence-corrected chi connectivity index (χ2v) is 10.3. The van der Waals surface area contributed by atoms with Gasteiger partial charge in [0.15, 0.2) is 23.5 Å². The summed E-state index contributed by atoms with van der Waals surface area (Å²) in [5.74, 6) is -3.33. The normalized spacial score (nSPS) is 33.0. The van der Waals surface area contributed by atoms with Gasteiger partial charge in [-0.3, -0.25) is 4.79 Å². The molecule has 0 bridgehead atoms. The number of aliphatic hydroxyl groups is 6. The van der Waals surface area contributed by atoms with Crippen molar-refractivity contribution in [3.05, 3.63) is 40.6 Å². The van der Waals surface area contributed by atoms with Gasteiger partial charge in [-0.05, 0) is 25.1 Å². The number of phenols is 4. The third-order valence-electron chi connectivity index (χ3n) is 7.29. The van der Waals surface area contributed by atoms with E-state index in [4.69, 9.17) is 23.4 Å². The van der Waals surface area contributed by atoms with Crippen LogP contribution in [0.2, 0.25) is 0 Å². The van der Waals surface area contributed by atoms with E-state index in [2.05, 4.69) is 0 Å². The lowest BCUT2D eigenvalue weighted by Gasteiger charge is -2.42. The number of benzene rings is 2. The molecule has 43 heavy (non-hydrogen) atoms. The molecule has 2 fully saturated rings. The lowest BCUT2D eigenvalue weighted by atomic mass is 9.98. The van der Waals surface area contributed by atoms with Crippen LogP contribution >= 0.6 is 0 Å². The molecule has 2 aliphatic rings. The molecule has 10 atom stereocenters. The molecule has 3 aromatic rings. The molecule has 0 aliphatic carbocycles. The monoisotopic (exact) mass is 610 g/mol. The average Bonchev–Trinajstić information content (AvgIpc) is 2.96. The minimum atomic E-state index is -1.97. The zero-order valence-electron chi connectivity index (χ0n) is 22.3. The van der Waals surface area contributed by atoms with E-state index in [1.165, 1.54) is 13.0 Å². The van der Waals surface area contributed by atoms with Crippen LogP contribution < -0.4 is 10.2 Å². The molecule has 5 rings (SSSR count). The second-order valence-electron chi connectivity index (χ2n) is 10.3. The summed E-state index contributed by atoms with van der Waals surface area (Å²) in [6.07, 6.45) is -16.2. The van der Waals surface area contributed by atoms with Crippen molar-refractivity contribution >= 4 is 11.0 Å². The average molecular weight is 611 g/mol. The van der Waals surface area contributed by atoms with Gasteiger partial charge in [-0.15, -0.1) is 0 Å². The Hall–Kier alpha value is -3.71. The molecule has 0 amide bonds. The number of aliphatic hydroxyl groups excluding tert-OH is 6. The summed E-state index contributed by atoms with van der Waals surface area (Å²) in [6.45, 7) is 0.818. The van der Waals surface area contributed by atoms with E-state index >= 15 is 0 Å². The van der Waals surface area contributed by atoms with Gasteiger partial charge in [0, 0.05) is 17.7 Å². The molecular weight excluding hydrogens is 580 g/mol. The summed E-state index contributed by atoms with van der Waals surface area (Å²) in [4.78, 5) is 13.6. The third kappa shape index (κ3) is 5.67. The Balaban J connectivity index is 1.48. The summed E-state index contributed by atoms with van der Waals surface area (Å²) < 4.78 is 27.8. The van der Waals surface area contributed by atoms with E-state index in [-0.39, 0.29) is 11.1 Å². The van der Waals surface area contributed by atoms with Gasteiger partial charge in [-0.1, -0.05) is 0 Å². The van der Waals surface area contributed by atoms with Crippen LogP contribution in [0.3, 0.4) is 0 Å². The third-order valence-corrected chi connectivity index (χ3v) is 7.29. The first-order valence-electron chi connectivity index (χ1n) is 13.0. The quantitative estimate of drug-likeness (QED) is 0.140. The first-order valence-corrected chi connectivity index (χ1v) is 13.0. The predicted molar refractivity (Wildman–Crippen MR) is 140 cm³/mol. The van der Waals surface area contributed by atoms with Crippen LogP contribution in [0.1, 0.15) is 6.92 Å². The Morgan fingerprint density at radius 3 is 2.12 bits per heavy atom. The molecule has 10 N–H and O–H groups in total. The molecule has 1 aromatic heterocycles. The van der Waals surface area contributed by atoms with Crippen molar-refractivity contribution in [2.24, 2.45) is 0 Å². The molecule has 234 valence electrons. The van der Waals surface area contributed by atoms with E-state index in [0.717, 1.165) is 24.3 Å². The summed E-state index contributed by atoms with van der Waals surface area (Å²) in [6, 6.07) is 5.24. The Kier molecular flexibility index (Phi) is 8.41. The second kappa shape index (κ2) is 11.8. The fourth-order valence-corrected chi connectivity index (χ4v) is 4.84. The van der Waals surface area contributed by atoms with Crippen LogP contribution in [0.5, 0.6) is 28.7 Å². The van der Waals surface area contributed by atoms with Gasteiger partial charge in [0.05, 0.1) is 12.7 Å². The molecule has 0 radical (unpaired) electrons. The van der Waals surface area contributed by atoms with Gasteiger partial charge in [-0.2, -0.15) is 0 Å². The highest BCUT2D eigenvalue weighted by atomic mass is 16.7. The zero-order chi connectivity index (χ0) is 31.3. The van der Waals surface area contributed by atoms with Crippen molar-refractivity contribution in [1.29, 1.82) is 0 Å². The summed E-state index contributed by atoms with van der Waals surface area (Å²) >= 11 is 0. The van der Waals surface area contributed by atoms with Crippen molar-refractivity contribution < 1.29 is 74.4 Å². The van der Waals surface area contributed by atoms with Crippen LogP contribution in [0.4, 0.5) is 0 Å². The number of ether oxygens (including phenoxy) is 4. The lowest BCUT2D eigenvalue weighted by Crippen LogP contribution is -2.61. The SMILES string of the molecule is C[C@@H]1O[C@@H](OC[C@H]2O[C@@H](Oc3c(-c4ccc(O)c(O)c4)oc4cc(O)cc(O)c4c3=O)[C@@H](O)[C@H](O)[C@@H]2O)[C@H](O)[C@H](O)[C@H]1O. The maximum atomic E-state index is 13.6. The number of phenolic OH excluding ortho intramolecular Hbond substituents is 4. The van der Waals surface area contributed by atoms with E-state index in [1.807, 2.05) is 0 Å². The molecule has 16 heteroatoms. The van der Waals surface area contributed by atoms with Crippen LogP contribution in [0.25, 0.3) is 22.3 Å². The van der Waals surface area contributed by atoms with E-state index in [1.54, 1.807) is 0 Å². The molecule has 16 nitrogen and oxygen atoms in total. The minimum Gasteiger partial charge on any atom is -0.508 e. The van der Waals surface area contributed by atoms with Crippen LogP contribution in [0.15, 0.2) is 39.5 Å². The number of hydrogen-bond donors (Lipinski definition) is 10. The number of hydrogen-bond acceptors (Lipinski definition) is 16. The van der Waals surface area contributed by atoms with Crippen LogP contribution in [-0.4, -0.2) is 119 Å². The topological polar surface area (TPSA) is 269 Å². The van der Waals surface area contributed by atoms with Crippen molar-refractivity contribution in [3.8, 4) is 40.1 Å². The van der Waals surface area contributed by atoms with Crippen molar-refractivity contribution in [2.75, 3.05) is 6.61 Å². The van der Waals surface area contributed by atoms with Crippen molar-refractivity contribution in [1.82, 2.24) is 0 Å². The molecular formula is C27H30O16. The molecule has 3 heterocycles. The van der Waals surface area contributed by atoms with E-state index < -0.39 is 113 Å². The smallest absolute Gasteiger partial charge is 0.239 e. The number of fused-ring (bicyclic) bond motifs is 1. The van der Waals surface area contributed by atoms with Crippen molar-refractivity contribution in [2.45, 2.75) is 68.3 Å². The van der Waals surface area contributed by atoms with E-state index in [9.17, 15) is 55.9 Å².